The molecular weight excluding hydrogens is 286 g/mol. The van der Waals surface area contributed by atoms with Crippen molar-refractivity contribution >= 4 is 5.91 Å². The van der Waals surface area contributed by atoms with Gasteiger partial charge in [-0.1, -0.05) is 43.3 Å². The normalized spacial score (nSPS) is 12.0. The fourth-order valence-corrected chi connectivity index (χ4v) is 2.41. The lowest BCUT2D eigenvalue weighted by molar-refractivity contribution is 0.0934. The summed E-state index contributed by atoms with van der Waals surface area (Å²) >= 11 is 0. The van der Waals surface area contributed by atoms with E-state index in [1.165, 1.54) is 5.56 Å². The molecule has 0 fully saturated rings. The van der Waals surface area contributed by atoms with Gasteiger partial charge in [-0.05, 0) is 50.5 Å². The van der Waals surface area contributed by atoms with E-state index in [1.807, 2.05) is 39.0 Å². The zero-order valence-corrected chi connectivity index (χ0v) is 14.3. The molecule has 2 aromatic rings. The van der Waals surface area contributed by atoms with Crippen molar-refractivity contribution < 1.29 is 9.53 Å². The minimum absolute atomic E-state index is 0.0305. The minimum Gasteiger partial charge on any atom is -0.490 e. The Morgan fingerprint density at radius 1 is 1.04 bits per heavy atom. The quantitative estimate of drug-likeness (QED) is 0.851. The Kier molecular flexibility index (Phi) is 5.80. The smallest absolute Gasteiger partial charge is 0.255 e. The van der Waals surface area contributed by atoms with Crippen molar-refractivity contribution in [1.82, 2.24) is 5.32 Å². The average Bonchev–Trinajstić information content (AvgIpc) is 2.54. The first-order valence-corrected chi connectivity index (χ1v) is 8.16. The molecule has 0 aliphatic carbocycles. The highest BCUT2D eigenvalue weighted by atomic mass is 16.5. The maximum Gasteiger partial charge on any atom is 0.255 e. The number of rotatable bonds is 6. The molecule has 2 aromatic carbocycles. The summed E-state index contributed by atoms with van der Waals surface area (Å²) in [6.45, 7) is 8.02. The average molecular weight is 311 g/mol. The Labute approximate surface area is 138 Å². The molecule has 0 heterocycles. The third-order valence-electron chi connectivity index (χ3n) is 3.73. The Bertz CT molecular complexity index is 647. The van der Waals surface area contributed by atoms with E-state index in [-0.39, 0.29) is 18.1 Å². The molecule has 0 aromatic heterocycles. The monoisotopic (exact) mass is 311 g/mol. The number of para-hydroxylation sites is 1. The molecular formula is C20H25NO2. The van der Waals surface area contributed by atoms with Crippen LogP contribution < -0.4 is 10.1 Å². The first kappa shape index (κ1) is 17.1. The number of benzene rings is 2. The molecule has 122 valence electrons. The summed E-state index contributed by atoms with van der Waals surface area (Å²) in [6, 6.07) is 15.6. The third kappa shape index (κ3) is 4.59. The minimum atomic E-state index is -0.117. The van der Waals surface area contributed by atoms with E-state index in [2.05, 4.69) is 36.5 Å². The van der Waals surface area contributed by atoms with Gasteiger partial charge in [0.1, 0.15) is 5.75 Å². The zero-order chi connectivity index (χ0) is 16.8. The molecule has 0 unspecified atom stereocenters. The van der Waals surface area contributed by atoms with Crippen LogP contribution in [0.5, 0.6) is 5.75 Å². The molecule has 0 radical (unpaired) electrons. The SMILES string of the molecule is CCc1ccc([C@@H](C)NC(=O)c2ccccc2OC(C)C)cc1. The van der Waals surface area contributed by atoms with Gasteiger partial charge in [-0.2, -0.15) is 0 Å². The molecule has 1 amide bonds. The van der Waals surface area contributed by atoms with Gasteiger partial charge in [0.2, 0.25) is 0 Å². The van der Waals surface area contributed by atoms with E-state index in [0.717, 1.165) is 12.0 Å². The van der Waals surface area contributed by atoms with Gasteiger partial charge >= 0.3 is 0 Å². The largest absolute Gasteiger partial charge is 0.490 e. The van der Waals surface area contributed by atoms with Gasteiger partial charge in [0, 0.05) is 0 Å². The van der Waals surface area contributed by atoms with Gasteiger partial charge in [-0.3, -0.25) is 4.79 Å². The Balaban J connectivity index is 2.11. The van der Waals surface area contributed by atoms with Crippen molar-refractivity contribution in [2.24, 2.45) is 0 Å². The third-order valence-corrected chi connectivity index (χ3v) is 3.73. The maximum absolute atomic E-state index is 12.6. The predicted octanol–water partition coefficient (Wildman–Crippen LogP) is 4.53. The van der Waals surface area contributed by atoms with Gasteiger partial charge < -0.3 is 10.1 Å². The van der Waals surface area contributed by atoms with E-state index in [0.29, 0.717) is 11.3 Å². The molecule has 0 saturated heterocycles. The highest BCUT2D eigenvalue weighted by molar-refractivity contribution is 5.97. The van der Waals surface area contributed by atoms with Crippen LogP contribution in [0, 0.1) is 0 Å². The van der Waals surface area contributed by atoms with Gasteiger partial charge in [0.25, 0.3) is 5.91 Å². The molecule has 3 nitrogen and oxygen atoms in total. The summed E-state index contributed by atoms with van der Waals surface area (Å²) in [5, 5.41) is 3.04. The number of hydrogen-bond acceptors (Lipinski definition) is 2. The van der Waals surface area contributed by atoms with Crippen molar-refractivity contribution in [2.45, 2.75) is 46.3 Å². The predicted molar refractivity (Wildman–Crippen MR) is 93.9 cm³/mol. The Morgan fingerprint density at radius 2 is 1.70 bits per heavy atom. The highest BCUT2D eigenvalue weighted by Crippen LogP contribution is 2.21. The van der Waals surface area contributed by atoms with E-state index in [4.69, 9.17) is 4.74 Å². The fourth-order valence-electron chi connectivity index (χ4n) is 2.41. The maximum atomic E-state index is 12.6. The van der Waals surface area contributed by atoms with Crippen LogP contribution in [0.1, 0.15) is 55.2 Å². The number of hydrogen-bond donors (Lipinski definition) is 1. The standard InChI is InChI=1S/C20H25NO2/c1-5-16-10-12-17(13-11-16)15(4)21-20(22)18-8-6-7-9-19(18)23-14(2)3/h6-15H,5H2,1-4H3,(H,21,22)/t15-/m1/s1. The second-order valence-corrected chi connectivity index (χ2v) is 5.95. The first-order valence-electron chi connectivity index (χ1n) is 8.16. The molecule has 1 N–H and O–H groups in total. The van der Waals surface area contributed by atoms with Crippen molar-refractivity contribution in [3.8, 4) is 5.75 Å². The number of nitrogens with one attached hydrogen (secondary N) is 1. The topological polar surface area (TPSA) is 38.3 Å². The lowest BCUT2D eigenvalue weighted by atomic mass is 10.0. The van der Waals surface area contributed by atoms with Crippen LogP contribution in [0.25, 0.3) is 0 Å². The summed E-state index contributed by atoms with van der Waals surface area (Å²) in [6.07, 6.45) is 1.05. The molecule has 2 rings (SSSR count). The lowest BCUT2D eigenvalue weighted by Gasteiger charge is -2.17. The van der Waals surface area contributed by atoms with Crippen LogP contribution >= 0.6 is 0 Å². The number of amides is 1. The van der Waals surface area contributed by atoms with Gasteiger partial charge in [0.05, 0.1) is 17.7 Å². The highest BCUT2D eigenvalue weighted by Gasteiger charge is 2.16. The summed E-state index contributed by atoms with van der Waals surface area (Å²) in [7, 11) is 0. The molecule has 0 spiro atoms. The van der Waals surface area contributed by atoms with Crippen molar-refractivity contribution in [1.29, 1.82) is 0 Å². The van der Waals surface area contributed by atoms with Crippen molar-refractivity contribution in [3.63, 3.8) is 0 Å². The lowest BCUT2D eigenvalue weighted by Crippen LogP contribution is -2.27. The van der Waals surface area contributed by atoms with Crippen LogP contribution in [-0.4, -0.2) is 12.0 Å². The van der Waals surface area contributed by atoms with Crippen LogP contribution in [0.15, 0.2) is 48.5 Å². The summed E-state index contributed by atoms with van der Waals surface area (Å²) < 4.78 is 5.72. The number of carbonyl (C=O) groups excluding carboxylic acids is 1. The number of aryl methyl sites for hydroxylation is 1. The molecule has 0 bridgehead atoms. The van der Waals surface area contributed by atoms with Crippen LogP contribution in [0.4, 0.5) is 0 Å². The second-order valence-electron chi connectivity index (χ2n) is 5.95. The van der Waals surface area contributed by atoms with Crippen LogP contribution in [0.2, 0.25) is 0 Å². The zero-order valence-electron chi connectivity index (χ0n) is 14.3. The van der Waals surface area contributed by atoms with E-state index >= 15 is 0 Å². The van der Waals surface area contributed by atoms with Gasteiger partial charge in [0.15, 0.2) is 0 Å². The van der Waals surface area contributed by atoms with Crippen molar-refractivity contribution in [3.05, 3.63) is 65.2 Å². The molecule has 0 aliphatic rings. The van der Waals surface area contributed by atoms with Crippen LogP contribution in [-0.2, 0) is 6.42 Å². The summed E-state index contributed by atoms with van der Waals surface area (Å²) in [5.74, 6) is 0.502. The second kappa shape index (κ2) is 7.82. The number of carbonyl (C=O) groups is 1. The van der Waals surface area contributed by atoms with E-state index in [1.54, 1.807) is 6.07 Å². The molecule has 0 aliphatic heterocycles. The van der Waals surface area contributed by atoms with E-state index < -0.39 is 0 Å². The van der Waals surface area contributed by atoms with E-state index in [9.17, 15) is 4.79 Å². The van der Waals surface area contributed by atoms with Crippen LogP contribution in [0.3, 0.4) is 0 Å². The molecule has 3 heteroatoms. The van der Waals surface area contributed by atoms with Crippen molar-refractivity contribution in [2.75, 3.05) is 0 Å². The fraction of sp³-hybridized carbons (Fsp3) is 0.350. The van der Waals surface area contributed by atoms with Gasteiger partial charge in [-0.15, -0.1) is 0 Å². The Hall–Kier alpha value is -2.29. The molecule has 0 saturated carbocycles. The molecule has 23 heavy (non-hydrogen) atoms. The first-order chi connectivity index (χ1) is 11.0. The summed E-state index contributed by atoms with van der Waals surface area (Å²) in [4.78, 5) is 12.6. The Morgan fingerprint density at radius 3 is 2.30 bits per heavy atom. The number of ether oxygens (including phenoxy) is 1. The molecule has 1 atom stereocenters. The summed E-state index contributed by atoms with van der Waals surface area (Å²) in [5.41, 5.74) is 2.96. The van der Waals surface area contributed by atoms with Gasteiger partial charge in [-0.25, -0.2) is 0 Å².